The van der Waals surface area contributed by atoms with Gasteiger partial charge < -0.3 is 9.30 Å². The van der Waals surface area contributed by atoms with Crippen molar-refractivity contribution in [3.63, 3.8) is 0 Å². The normalized spacial score (nSPS) is 18.8. The van der Waals surface area contributed by atoms with Crippen molar-refractivity contribution >= 4 is 12.2 Å². The number of hydrogen-bond donors (Lipinski definition) is 0. The molecule has 4 nitrogen and oxygen atoms in total. The Morgan fingerprint density at radius 2 is 1.65 bits per heavy atom. The summed E-state index contributed by atoms with van der Waals surface area (Å²) in [6, 6.07) is 10.6. The fraction of sp³-hybridized carbons (Fsp3) is 0.500. The van der Waals surface area contributed by atoms with Gasteiger partial charge in [0.15, 0.2) is 4.77 Å². The van der Waals surface area contributed by atoms with Gasteiger partial charge in [0, 0.05) is 30.2 Å². The van der Waals surface area contributed by atoms with Gasteiger partial charge in [-0.2, -0.15) is 0 Å². The van der Waals surface area contributed by atoms with Crippen molar-refractivity contribution in [2.75, 3.05) is 26.3 Å². The third-order valence-electron chi connectivity index (χ3n) is 4.89. The van der Waals surface area contributed by atoms with Crippen LogP contribution in [0.15, 0.2) is 30.3 Å². The predicted molar refractivity (Wildman–Crippen MR) is 93.6 cm³/mol. The van der Waals surface area contributed by atoms with Gasteiger partial charge in [-0.1, -0.05) is 18.2 Å². The van der Waals surface area contributed by atoms with E-state index in [4.69, 9.17) is 17.0 Å². The minimum atomic E-state index is 0.828. The summed E-state index contributed by atoms with van der Waals surface area (Å²) in [5, 5.41) is 0. The maximum atomic E-state index is 5.88. The van der Waals surface area contributed by atoms with E-state index in [1.807, 2.05) is 0 Å². The number of hydrogen-bond acceptors (Lipinski definition) is 3. The number of ether oxygens (including phenoxy) is 1. The van der Waals surface area contributed by atoms with Crippen LogP contribution in [-0.4, -0.2) is 40.3 Å². The second-order valence-electron chi connectivity index (χ2n) is 6.35. The topological polar surface area (TPSA) is 22.3 Å². The third kappa shape index (κ3) is 2.89. The zero-order chi connectivity index (χ0) is 15.6. The zero-order valence-corrected chi connectivity index (χ0v) is 14.2. The summed E-state index contributed by atoms with van der Waals surface area (Å²) in [4.78, 5) is 2.45. The first-order valence-electron chi connectivity index (χ1n) is 8.53. The highest BCUT2D eigenvalue weighted by Gasteiger charge is 2.23. The molecule has 2 heterocycles. The van der Waals surface area contributed by atoms with Gasteiger partial charge in [0.2, 0.25) is 0 Å². The van der Waals surface area contributed by atoms with Crippen molar-refractivity contribution in [2.24, 2.45) is 0 Å². The quantitative estimate of drug-likeness (QED) is 0.808. The van der Waals surface area contributed by atoms with E-state index in [1.165, 1.54) is 29.9 Å². The van der Waals surface area contributed by atoms with Gasteiger partial charge in [0.25, 0.3) is 0 Å². The summed E-state index contributed by atoms with van der Waals surface area (Å²) in [5.74, 6) is 0. The molecule has 0 unspecified atom stereocenters. The molecule has 0 amide bonds. The zero-order valence-electron chi connectivity index (χ0n) is 13.4. The van der Waals surface area contributed by atoms with Crippen LogP contribution in [0.3, 0.4) is 0 Å². The molecule has 5 heteroatoms. The molecular weight excluding hydrogens is 306 g/mol. The largest absolute Gasteiger partial charge is 0.379 e. The molecule has 1 aromatic carbocycles. The average molecular weight is 329 g/mol. The van der Waals surface area contributed by atoms with Crippen molar-refractivity contribution in [2.45, 2.75) is 32.4 Å². The monoisotopic (exact) mass is 329 g/mol. The molecular formula is C18H23N3OS. The minimum absolute atomic E-state index is 0.828. The fourth-order valence-electron chi connectivity index (χ4n) is 3.69. The Kier molecular flexibility index (Phi) is 4.33. The highest BCUT2D eigenvalue weighted by atomic mass is 32.1. The number of fused-ring (bicyclic) bond motifs is 1. The number of rotatable bonds is 3. The molecule has 0 saturated carbocycles. The van der Waals surface area contributed by atoms with Crippen LogP contribution in [0.1, 0.15) is 24.2 Å². The molecule has 1 aliphatic heterocycles. The Morgan fingerprint density at radius 3 is 2.39 bits per heavy atom. The highest BCUT2D eigenvalue weighted by Crippen LogP contribution is 2.27. The first-order valence-corrected chi connectivity index (χ1v) is 8.94. The maximum Gasteiger partial charge on any atom is 0.186 e. The molecule has 2 aromatic rings. The molecule has 1 saturated heterocycles. The molecule has 1 fully saturated rings. The molecule has 1 aliphatic carbocycles. The number of nitrogens with zero attached hydrogens (tertiary/aromatic N) is 3. The van der Waals surface area contributed by atoms with E-state index in [1.54, 1.807) is 0 Å². The molecule has 1 aromatic heterocycles. The van der Waals surface area contributed by atoms with Crippen LogP contribution in [0.5, 0.6) is 0 Å². The van der Waals surface area contributed by atoms with Gasteiger partial charge in [-0.05, 0) is 50.0 Å². The van der Waals surface area contributed by atoms with Crippen molar-refractivity contribution < 1.29 is 4.74 Å². The smallest absolute Gasteiger partial charge is 0.186 e. The van der Waals surface area contributed by atoms with Crippen molar-refractivity contribution in [3.05, 3.63) is 46.5 Å². The highest BCUT2D eigenvalue weighted by molar-refractivity contribution is 7.71. The van der Waals surface area contributed by atoms with Gasteiger partial charge >= 0.3 is 0 Å². The van der Waals surface area contributed by atoms with E-state index in [-0.39, 0.29) is 0 Å². The summed E-state index contributed by atoms with van der Waals surface area (Å²) < 4.78 is 11.1. The van der Waals surface area contributed by atoms with Crippen LogP contribution in [0.2, 0.25) is 0 Å². The first-order chi connectivity index (χ1) is 11.3. The Balaban J connectivity index is 1.77. The van der Waals surface area contributed by atoms with Gasteiger partial charge in [0.1, 0.15) is 0 Å². The van der Waals surface area contributed by atoms with Gasteiger partial charge in [-0.15, -0.1) is 0 Å². The van der Waals surface area contributed by atoms with Crippen LogP contribution in [0.25, 0.3) is 5.69 Å². The van der Waals surface area contributed by atoms with Crippen molar-refractivity contribution in [1.82, 2.24) is 14.0 Å². The minimum Gasteiger partial charge on any atom is -0.379 e. The number of para-hydroxylation sites is 1. The van der Waals surface area contributed by atoms with Crippen LogP contribution in [0, 0.1) is 4.77 Å². The summed E-state index contributed by atoms with van der Waals surface area (Å²) in [7, 11) is 0. The van der Waals surface area contributed by atoms with E-state index in [2.05, 4.69) is 44.4 Å². The summed E-state index contributed by atoms with van der Waals surface area (Å²) in [5.41, 5.74) is 4.05. The molecule has 4 rings (SSSR count). The van der Waals surface area contributed by atoms with Gasteiger partial charge in [-0.3, -0.25) is 9.47 Å². The standard InChI is InChI=1S/C18H23N3OS/c23-18-20(14-19-10-12-22-13-11-19)16-8-4-5-9-17(16)21(18)15-6-2-1-3-7-15/h1-3,6-7H,4-5,8-14H2. The lowest BCUT2D eigenvalue weighted by Gasteiger charge is -2.28. The lowest BCUT2D eigenvalue weighted by molar-refractivity contribution is 0.0227. The maximum absolute atomic E-state index is 5.88. The van der Waals surface area contributed by atoms with E-state index in [0.717, 1.165) is 50.6 Å². The van der Waals surface area contributed by atoms with E-state index in [9.17, 15) is 0 Å². The SMILES string of the molecule is S=c1n(CN2CCOCC2)c2c(n1-c1ccccc1)CCCC2. The molecule has 0 N–H and O–H groups in total. The summed E-state index contributed by atoms with van der Waals surface area (Å²) in [6.07, 6.45) is 4.80. The molecule has 2 aliphatic rings. The van der Waals surface area contributed by atoms with Crippen LogP contribution < -0.4 is 0 Å². The van der Waals surface area contributed by atoms with Gasteiger partial charge in [0.05, 0.1) is 19.9 Å². The number of benzene rings is 1. The Morgan fingerprint density at radius 1 is 0.957 bits per heavy atom. The van der Waals surface area contributed by atoms with Gasteiger partial charge in [-0.25, -0.2) is 0 Å². The number of morpholine rings is 1. The predicted octanol–water partition coefficient (Wildman–Crippen LogP) is 3.18. The lowest BCUT2D eigenvalue weighted by Crippen LogP contribution is -2.38. The first kappa shape index (κ1) is 15.1. The van der Waals surface area contributed by atoms with E-state index in [0.29, 0.717) is 0 Å². The number of aromatic nitrogens is 2. The molecule has 0 radical (unpaired) electrons. The van der Waals surface area contributed by atoms with Crippen LogP contribution in [-0.2, 0) is 24.2 Å². The second-order valence-corrected chi connectivity index (χ2v) is 6.72. The number of imidazole rings is 1. The third-order valence-corrected chi connectivity index (χ3v) is 5.29. The second kappa shape index (κ2) is 6.59. The molecule has 23 heavy (non-hydrogen) atoms. The molecule has 0 bridgehead atoms. The van der Waals surface area contributed by atoms with Crippen molar-refractivity contribution in [3.8, 4) is 5.69 Å². The van der Waals surface area contributed by atoms with E-state index >= 15 is 0 Å². The van der Waals surface area contributed by atoms with Crippen LogP contribution in [0.4, 0.5) is 0 Å². The Hall–Kier alpha value is -1.43. The fourth-order valence-corrected chi connectivity index (χ4v) is 4.07. The summed E-state index contributed by atoms with van der Waals surface area (Å²) in [6.45, 7) is 4.54. The molecule has 122 valence electrons. The molecule has 0 spiro atoms. The molecule has 0 atom stereocenters. The Bertz CT molecular complexity index is 729. The van der Waals surface area contributed by atoms with Crippen LogP contribution >= 0.6 is 12.2 Å². The lowest BCUT2D eigenvalue weighted by atomic mass is 10.0. The van der Waals surface area contributed by atoms with E-state index < -0.39 is 0 Å². The summed E-state index contributed by atoms with van der Waals surface area (Å²) >= 11 is 5.88. The average Bonchev–Trinajstić information content (AvgIpc) is 2.89. The van der Waals surface area contributed by atoms with Crippen molar-refractivity contribution in [1.29, 1.82) is 0 Å². The Labute approximate surface area is 142 Å².